The SMILES string of the molecule is COc1ccc2c(c1)OCC[C@H]2O. The molecular weight excluding hydrogens is 168 g/mol. The summed E-state index contributed by atoms with van der Waals surface area (Å²) in [4.78, 5) is 0. The van der Waals surface area contributed by atoms with Crippen LogP contribution in [-0.4, -0.2) is 18.8 Å². The van der Waals surface area contributed by atoms with E-state index in [1.807, 2.05) is 12.1 Å². The molecule has 0 unspecified atom stereocenters. The second-order valence-corrected chi connectivity index (χ2v) is 3.06. The number of fused-ring (bicyclic) bond motifs is 1. The van der Waals surface area contributed by atoms with Gasteiger partial charge in [0.15, 0.2) is 0 Å². The summed E-state index contributed by atoms with van der Waals surface area (Å²) in [5.41, 5.74) is 0.854. The summed E-state index contributed by atoms with van der Waals surface area (Å²) in [7, 11) is 1.61. The smallest absolute Gasteiger partial charge is 0.128 e. The van der Waals surface area contributed by atoms with E-state index in [-0.39, 0.29) is 0 Å². The molecule has 0 aromatic heterocycles. The molecule has 1 aliphatic heterocycles. The van der Waals surface area contributed by atoms with Crippen molar-refractivity contribution in [3.63, 3.8) is 0 Å². The van der Waals surface area contributed by atoms with E-state index in [0.717, 1.165) is 17.1 Å². The fourth-order valence-corrected chi connectivity index (χ4v) is 1.48. The first kappa shape index (κ1) is 8.38. The number of aliphatic hydroxyl groups is 1. The molecule has 3 heteroatoms. The maximum Gasteiger partial charge on any atom is 0.128 e. The average Bonchev–Trinajstić information content (AvgIpc) is 2.18. The van der Waals surface area contributed by atoms with Crippen LogP contribution >= 0.6 is 0 Å². The lowest BCUT2D eigenvalue weighted by molar-refractivity contribution is 0.115. The van der Waals surface area contributed by atoms with Crippen molar-refractivity contribution in [3.05, 3.63) is 23.8 Å². The second-order valence-electron chi connectivity index (χ2n) is 3.06. The van der Waals surface area contributed by atoms with Crippen molar-refractivity contribution >= 4 is 0 Å². The summed E-state index contributed by atoms with van der Waals surface area (Å²) < 4.78 is 10.5. The molecule has 0 radical (unpaired) electrons. The highest BCUT2D eigenvalue weighted by atomic mass is 16.5. The molecule has 1 aromatic rings. The fourth-order valence-electron chi connectivity index (χ4n) is 1.48. The first-order valence-electron chi connectivity index (χ1n) is 4.30. The Balaban J connectivity index is 2.39. The van der Waals surface area contributed by atoms with Gasteiger partial charge in [0.25, 0.3) is 0 Å². The molecule has 0 aliphatic carbocycles. The molecule has 1 N–H and O–H groups in total. The molecule has 0 amide bonds. The maximum atomic E-state index is 9.60. The molecule has 13 heavy (non-hydrogen) atoms. The van der Waals surface area contributed by atoms with Crippen LogP contribution < -0.4 is 9.47 Å². The van der Waals surface area contributed by atoms with Crippen LogP contribution in [0.15, 0.2) is 18.2 Å². The molecule has 0 saturated heterocycles. The van der Waals surface area contributed by atoms with Gasteiger partial charge in [-0.05, 0) is 12.1 Å². The first-order valence-corrected chi connectivity index (χ1v) is 4.30. The molecular formula is C10H12O3. The monoisotopic (exact) mass is 180 g/mol. The summed E-state index contributed by atoms with van der Waals surface area (Å²) in [6.45, 7) is 0.571. The minimum absolute atomic E-state index is 0.394. The summed E-state index contributed by atoms with van der Waals surface area (Å²) >= 11 is 0. The van der Waals surface area contributed by atoms with Crippen molar-refractivity contribution in [1.29, 1.82) is 0 Å². The van der Waals surface area contributed by atoms with Gasteiger partial charge in [-0.1, -0.05) is 0 Å². The molecule has 1 aromatic carbocycles. The summed E-state index contributed by atoms with van der Waals surface area (Å²) in [6, 6.07) is 5.48. The van der Waals surface area contributed by atoms with Gasteiger partial charge in [-0.15, -0.1) is 0 Å². The zero-order valence-corrected chi connectivity index (χ0v) is 7.49. The molecule has 1 heterocycles. The van der Waals surface area contributed by atoms with E-state index >= 15 is 0 Å². The standard InChI is InChI=1S/C10H12O3/c1-12-7-2-3-8-9(11)4-5-13-10(8)6-7/h2-3,6,9,11H,4-5H2,1H3/t9-/m1/s1. The topological polar surface area (TPSA) is 38.7 Å². The number of aliphatic hydroxyl groups excluding tert-OH is 1. The Hall–Kier alpha value is -1.22. The van der Waals surface area contributed by atoms with E-state index in [0.29, 0.717) is 13.0 Å². The van der Waals surface area contributed by atoms with Crippen LogP contribution in [0.5, 0.6) is 11.5 Å². The number of ether oxygens (including phenoxy) is 2. The van der Waals surface area contributed by atoms with Crippen LogP contribution in [0.1, 0.15) is 18.1 Å². The Morgan fingerprint density at radius 2 is 2.38 bits per heavy atom. The summed E-state index contributed by atoms with van der Waals surface area (Å²) in [6.07, 6.45) is 0.272. The normalized spacial score (nSPS) is 20.3. The number of methoxy groups -OCH3 is 1. The van der Waals surface area contributed by atoms with Crippen molar-refractivity contribution in [1.82, 2.24) is 0 Å². The van der Waals surface area contributed by atoms with E-state index in [2.05, 4.69) is 0 Å². The Morgan fingerprint density at radius 3 is 3.15 bits per heavy atom. The minimum atomic E-state index is -0.394. The molecule has 70 valence electrons. The third-order valence-corrected chi connectivity index (χ3v) is 2.23. The molecule has 0 saturated carbocycles. The maximum absolute atomic E-state index is 9.60. The van der Waals surface area contributed by atoms with E-state index in [9.17, 15) is 5.11 Å². The van der Waals surface area contributed by atoms with Crippen molar-refractivity contribution < 1.29 is 14.6 Å². The predicted octanol–water partition coefficient (Wildman–Crippen LogP) is 1.51. The lowest BCUT2D eigenvalue weighted by Gasteiger charge is -2.22. The van der Waals surface area contributed by atoms with Gasteiger partial charge in [-0.3, -0.25) is 0 Å². The molecule has 1 atom stereocenters. The van der Waals surface area contributed by atoms with E-state index in [4.69, 9.17) is 9.47 Å². The Kier molecular flexibility index (Phi) is 2.10. The van der Waals surface area contributed by atoms with Gasteiger partial charge in [0.2, 0.25) is 0 Å². The Morgan fingerprint density at radius 1 is 1.54 bits per heavy atom. The number of hydrogen-bond acceptors (Lipinski definition) is 3. The van der Waals surface area contributed by atoms with Gasteiger partial charge >= 0.3 is 0 Å². The molecule has 0 fully saturated rings. The van der Waals surface area contributed by atoms with Gasteiger partial charge < -0.3 is 14.6 Å². The summed E-state index contributed by atoms with van der Waals surface area (Å²) in [5.74, 6) is 1.49. The van der Waals surface area contributed by atoms with Crippen LogP contribution in [0.4, 0.5) is 0 Å². The highest BCUT2D eigenvalue weighted by Gasteiger charge is 2.19. The zero-order valence-electron chi connectivity index (χ0n) is 7.49. The number of rotatable bonds is 1. The van der Waals surface area contributed by atoms with Gasteiger partial charge in [0.1, 0.15) is 11.5 Å². The lowest BCUT2D eigenvalue weighted by Crippen LogP contribution is -2.13. The molecule has 2 rings (SSSR count). The third-order valence-electron chi connectivity index (χ3n) is 2.23. The lowest BCUT2D eigenvalue weighted by atomic mass is 10.0. The first-order chi connectivity index (χ1) is 6.31. The Labute approximate surface area is 76.9 Å². The largest absolute Gasteiger partial charge is 0.497 e. The highest BCUT2D eigenvalue weighted by Crippen LogP contribution is 2.34. The molecule has 0 bridgehead atoms. The third kappa shape index (κ3) is 1.47. The predicted molar refractivity (Wildman–Crippen MR) is 48.1 cm³/mol. The van der Waals surface area contributed by atoms with Crippen molar-refractivity contribution in [2.24, 2.45) is 0 Å². The quantitative estimate of drug-likeness (QED) is 0.712. The van der Waals surface area contributed by atoms with E-state index in [1.54, 1.807) is 13.2 Å². The number of benzene rings is 1. The van der Waals surface area contributed by atoms with E-state index in [1.165, 1.54) is 0 Å². The van der Waals surface area contributed by atoms with Crippen molar-refractivity contribution in [2.75, 3.05) is 13.7 Å². The van der Waals surface area contributed by atoms with E-state index < -0.39 is 6.10 Å². The van der Waals surface area contributed by atoms with Crippen LogP contribution in [0.3, 0.4) is 0 Å². The molecule has 3 nitrogen and oxygen atoms in total. The van der Waals surface area contributed by atoms with Crippen molar-refractivity contribution in [2.45, 2.75) is 12.5 Å². The second kappa shape index (κ2) is 3.26. The fraction of sp³-hybridized carbons (Fsp3) is 0.400. The number of hydrogen-bond donors (Lipinski definition) is 1. The minimum Gasteiger partial charge on any atom is -0.497 e. The van der Waals surface area contributed by atoms with Crippen LogP contribution in [0.25, 0.3) is 0 Å². The van der Waals surface area contributed by atoms with Crippen molar-refractivity contribution in [3.8, 4) is 11.5 Å². The molecule has 0 spiro atoms. The van der Waals surface area contributed by atoms with Gasteiger partial charge in [0.05, 0.1) is 19.8 Å². The van der Waals surface area contributed by atoms with Crippen LogP contribution in [-0.2, 0) is 0 Å². The average molecular weight is 180 g/mol. The summed E-state index contributed by atoms with van der Waals surface area (Å²) in [5, 5.41) is 9.60. The van der Waals surface area contributed by atoms with Crippen LogP contribution in [0.2, 0.25) is 0 Å². The van der Waals surface area contributed by atoms with Gasteiger partial charge in [0, 0.05) is 18.1 Å². The Bertz CT molecular complexity index is 309. The highest BCUT2D eigenvalue weighted by molar-refractivity contribution is 5.42. The van der Waals surface area contributed by atoms with Crippen LogP contribution in [0, 0.1) is 0 Å². The van der Waals surface area contributed by atoms with Gasteiger partial charge in [-0.25, -0.2) is 0 Å². The molecule has 1 aliphatic rings. The van der Waals surface area contributed by atoms with Gasteiger partial charge in [-0.2, -0.15) is 0 Å². The zero-order chi connectivity index (χ0) is 9.26.